The largest absolute Gasteiger partial charge is 0.312 e. The predicted molar refractivity (Wildman–Crippen MR) is 89.0 cm³/mol. The summed E-state index contributed by atoms with van der Waals surface area (Å²) >= 11 is 7.84. The molecule has 4 heteroatoms. The number of nitrogens with zero attached hydrogens (tertiary/aromatic N) is 1. The third-order valence-electron chi connectivity index (χ3n) is 3.74. The van der Waals surface area contributed by atoms with Gasteiger partial charge in [-0.15, -0.1) is 11.3 Å². The van der Waals surface area contributed by atoms with Crippen LogP contribution in [0.1, 0.15) is 16.8 Å². The Hall–Kier alpha value is -1.73. The molecule has 0 saturated carbocycles. The average molecular weight is 313 g/mol. The molecule has 0 bridgehead atoms. The van der Waals surface area contributed by atoms with Gasteiger partial charge in [-0.3, -0.25) is 4.57 Å². The maximum absolute atomic E-state index is 6.19. The Morgan fingerprint density at radius 2 is 2.10 bits per heavy atom. The Kier molecular flexibility index (Phi) is 3.23. The van der Waals surface area contributed by atoms with Gasteiger partial charge in [0.15, 0.2) is 0 Å². The van der Waals surface area contributed by atoms with Gasteiger partial charge >= 0.3 is 0 Å². The molecule has 0 spiro atoms. The van der Waals surface area contributed by atoms with Crippen LogP contribution in [-0.4, -0.2) is 11.1 Å². The van der Waals surface area contributed by atoms with Crippen LogP contribution in [0.2, 0.25) is 4.34 Å². The third-order valence-corrected chi connectivity index (χ3v) is 5.05. The molecule has 0 saturated heterocycles. The number of fused-ring (bicyclic) bond motifs is 3. The summed E-state index contributed by atoms with van der Waals surface area (Å²) in [5, 5.41) is 3.43. The van der Waals surface area contributed by atoms with Crippen molar-refractivity contribution in [2.45, 2.75) is 13.0 Å². The lowest BCUT2D eigenvalue weighted by Crippen LogP contribution is -2.24. The van der Waals surface area contributed by atoms with Gasteiger partial charge < -0.3 is 5.32 Å². The highest BCUT2D eigenvalue weighted by atomic mass is 35.5. The number of aromatic nitrogens is 1. The second-order valence-corrected chi connectivity index (χ2v) is 6.74. The van der Waals surface area contributed by atoms with Gasteiger partial charge in [-0.2, -0.15) is 0 Å². The second kappa shape index (κ2) is 5.23. The number of thiophene rings is 1. The minimum atomic E-state index is 0.823. The van der Waals surface area contributed by atoms with Crippen LogP contribution >= 0.6 is 22.9 Å². The molecule has 0 amide bonds. The van der Waals surface area contributed by atoms with Crippen molar-refractivity contribution in [1.82, 2.24) is 9.88 Å². The van der Waals surface area contributed by atoms with Gasteiger partial charge in [0.2, 0.25) is 0 Å². The molecule has 1 aliphatic heterocycles. The van der Waals surface area contributed by atoms with Gasteiger partial charge in [-0.1, -0.05) is 29.8 Å². The lowest BCUT2D eigenvalue weighted by Gasteiger charge is -2.14. The van der Waals surface area contributed by atoms with Gasteiger partial charge in [-0.05, 0) is 24.1 Å². The van der Waals surface area contributed by atoms with E-state index in [9.17, 15) is 0 Å². The predicted octanol–water partition coefficient (Wildman–Crippen LogP) is 3.86. The summed E-state index contributed by atoms with van der Waals surface area (Å²) in [6.07, 6.45) is 1.01. The molecule has 0 atom stereocenters. The van der Waals surface area contributed by atoms with Gasteiger partial charge in [0.05, 0.1) is 14.6 Å². The maximum atomic E-state index is 6.19. The van der Waals surface area contributed by atoms with E-state index in [-0.39, 0.29) is 0 Å². The van der Waals surface area contributed by atoms with Crippen LogP contribution in [0.15, 0.2) is 36.4 Å². The van der Waals surface area contributed by atoms with Crippen LogP contribution in [0.25, 0.3) is 10.2 Å². The summed E-state index contributed by atoms with van der Waals surface area (Å²) < 4.78 is 4.22. The van der Waals surface area contributed by atoms with Crippen molar-refractivity contribution in [3.05, 3.63) is 57.6 Å². The fourth-order valence-corrected chi connectivity index (χ4v) is 4.05. The van der Waals surface area contributed by atoms with E-state index in [2.05, 4.69) is 21.8 Å². The summed E-state index contributed by atoms with van der Waals surface area (Å²) in [6, 6.07) is 15.4. The quantitative estimate of drug-likeness (QED) is 0.624. The molecule has 3 aromatic rings. The minimum Gasteiger partial charge on any atom is -0.312 e. The Bertz CT molecular complexity index is 865. The number of halogens is 1. The van der Waals surface area contributed by atoms with Gasteiger partial charge in [-0.25, -0.2) is 0 Å². The smallest absolute Gasteiger partial charge is 0.0956 e. The first-order valence-electron chi connectivity index (χ1n) is 6.92. The molecule has 2 nitrogen and oxygen atoms in total. The normalized spacial score (nSPS) is 13.8. The van der Waals surface area contributed by atoms with Gasteiger partial charge in [0.25, 0.3) is 0 Å². The van der Waals surface area contributed by atoms with E-state index in [1.807, 2.05) is 36.4 Å². The van der Waals surface area contributed by atoms with Crippen molar-refractivity contribution in [2.24, 2.45) is 0 Å². The minimum absolute atomic E-state index is 0.823. The molecule has 4 rings (SSSR count). The summed E-state index contributed by atoms with van der Waals surface area (Å²) in [4.78, 5) is 0. The fraction of sp³-hybridized carbons (Fsp3) is 0.176. The zero-order chi connectivity index (χ0) is 14.2. The van der Waals surface area contributed by atoms with Crippen molar-refractivity contribution >= 4 is 33.2 Å². The highest BCUT2D eigenvalue weighted by molar-refractivity contribution is 7.22. The number of nitrogens with one attached hydrogen (secondary N) is 1. The molecule has 0 radical (unpaired) electrons. The molecule has 1 aromatic carbocycles. The summed E-state index contributed by atoms with van der Waals surface area (Å²) in [5.74, 6) is 3.25. The second-order valence-electron chi connectivity index (χ2n) is 5.06. The van der Waals surface area contributed by atoms with E-state index >= 15 is 0 Å². The monoisotopic (exact) mass is 312 g/mol. The number of hydrogen-bond donors (Lipinski definition) is 1. The van der Waals surface area contributed by atoms with Crippen molar-refractivity contribution in [2.75, 3.05) is 6.54 Å². The standard InChI is InChI=1S/C17H13ClN2S/c18-16-10-15-17(21-16)13-11-19-8-6-14(13)20(15)9-7-12-4-2-1-3-5-12/h1-5,10,19H,6,8,11H2. The molecule has 1 aliphatic rings. The molecule has 3 heterocycles. The Morgan fingerprint density at radius 3 is 2.95 bits per heavy atom. The van der Waals surface area contributed by atoms with Gasteiger partial charge in [0, 0.05) is 42.4 Å². The van der Waals surface area contributed by atoms with Crippen molar-refractivity contribution < 1.29 is 0 Å². The summed E-state index contributed by atoms with van der Waals surface area (Å²) in [7, 11) is 0. The van der Waals surface area contributed by atoms with Crippen molar-refractivity contribution in [3.8, 4) is 12.0 Å². The van der Waals surface area contributed by atoms with Crippen LogP contribution < -0.4 is 5.32 Å². The number of rotatable bonds is 0. The topological polar surface area (TPSA) is 17.0 Å². The lowest BCUT2D eigenvalue weighted by molar-refractivity contribution is 0.633. The molecule has 1 N–H and O–H groups in total. The Balaban J connectivity index is 1.90. The van der Waals surface area contributed by atoms with Crippen LogP contribution in [0.4, 0.5) is 0 Å². The molecule has 0 aliphatic carbocycles. The number of hydrogen-bond acceptors (Lipinski definition) is 2. The number of benzene rings is 1. The van der Waals surface area contributed by atoms with Gasteiger partial charge in [0.1, 0.15) is 0 Å². The van der Waals surface area contributed by atoms with E-state index in [1.165, 1.54) is 16.0 Å². The van der Waals surface area contributed by atoms with E-state index in [1.54, 1.807) is 11.3 Å². The van der Waals surface area contributed by atoms with Crippen molar-refractivity contribution in [3.63, 3.8) is 0 Å². The van der Waals surface area contributed by atoms with Crippen LogP contribution in [0.5, 0.6) is 0 Å². The van der Waals surface area contributed by atoms with Crippen LogP contribution in [-0.2, 0) is 13.0 Å². The first-order chi connectivity index (χ1) is 10.3. The zero-order valence-electron chi connectivity index (χ0n) is 11.3. The van der Waals surface area contributed by atoms with E-state index in [0.717, 1.165) is 34.9 Å². The molecule has 0 unspecified atom stereocenters. The highest BCUT2D eigenvalue weighted by Crippen LogP contribution is 2.36. The molecular weight excluding hydrogens is 300 g/mol. The average Bonchev–Trinajstić information content (AvgIpc) is 3.02. The molecule has 21 heavy (non-hydrogen) atoms. The summed E-state index contributed by atoms with van der Waals surface area (Å²) in [5.41, 5.74) is 4.86. The Labute approximate surface area is 132 Å². The third kappa shape index (κ3) is 2.26. The van der Waals surface area contributed by atoms with E-state index in [4.69, 9.17) is 11.6 Å². The molecule has 0 fully saturated rings. The lowest BCUT2D eigenvalue weighted by atomic mass is 10.1. The van der Waals surface area contributed by atoms with Crippen LogP contribution in [0, 0.1) is 12.0 Å². The first-order valence-corrected chi connectivity index (χ1v) is 8.11. The SMILES string of the molecule is Clc1cc2c(s1)c1c(n2C#Cc2ccccc2)CCNC1. The maximum Gasteiger partial charge on any atom is 0.0956 e. The molecule has 104 valence electrons. The van der Waals surface area contributed by atoms with E-state index < -0.39 is 0 Å². The first kappa shape index (κ1) is 13.0. The van der Waals surface area contributed by atoms with Crippen molar-refractivity contribution in [1.29, 1.82) is 0 Å². The Morgan fingerprint density at radius 1 is 1.24 bits per heavy atom. The molecule has 2 aromatic heterocycles. The molecular formula is C17H13ClN2S. The zero-order valence-corrected chi connectivity index (χ0v) is 12.9. The fourth-order valence-electron chi connectivity index (χ4n) is 2.78. The summed E-state index contributed by atoms with van der Waals surface area (Å²) in [6.45, 7) is 1.91. The highest BCUT2D eigenvalue weighted by Gasteiger charge is 2.21. The van der Waals surface area contributed by atoms with Crippen LogP contribution in [0.3, 0.4) is 0 Å². The van der Waals surface area contributed by atoms with E-state index in [0.29, 0.717) is 0 Å².